The number of carbonyl (C=O) groups is 1. The molecule has 1 rings (SSSR count). The Bertz CT molecular complexity index is 278. The van der Waals surface area contributed by atoms with Gasteiger partial charge in [0.25, 0.3) is 0 Å². The van der Waals surface area contributed by atoms with Gasteiger partial charge in [0.1, 0.15) is 0 Å². The van der Waals surface area contributed by atoms with Crippen molar-refractivity contribution in [2.75, 3.05) is 6.54 Å². The molecule has 0 aromatic heterocycles. The van der Waals surface area contributed by atoms with Crippen molar-refractivity contribution in [3.05, 3.63) is 0 Å². The van der Waals surface area contributed by atoms with E-state index in [-0.39, 0.29) is 5.91 Å². The van der Waals surface area contributed by atoms with Crippen LogP contribution in [-0.2, 0) is 4.79 Å². The largest absolute Gasteiger partial charge is 0.355 e. The zero-order valence-electron chi connectivity index (χ0n) is 12.0. The van der Waals surface area contributed by atoms with E-state index in [0.717, 1.165) is 12.5 Å². The Morgan fingerprint density at radius 2 is 1.88 bits per heavy atom. The first kappa shape index (κ1) is 14.5. The fourth-order valence-corrected chi connectivity index (χ4v) is 2.26. The predicted octanol–water partition coefficient (Wildman–Crippen LogP) is 2.30. The normalized spacial score (nSPS) is 26.0. The summed E-state index contributed by atoms with van der Waals surface area (Å²) in [6.45, 7) is 10.7. The molecule has 1 fully saturated rings. The summed E-state index contributed by atoms with van der Waals surface area (Å²) in [6.07, 6.45) is 3.78. The summed E-state index contributed by atoms with van der Waals surface area (Å²) in [5, 5.41) is 3.07. The minimum absolute atomic E-state index is 0.0737. The predicted molar refractivity (Wildman–Crippen MR) is 71.6 cm³/mol. The van der Waals surface area contributed by atoms with Crippen molar-refractivity contribution in [3.8, 4) is 0 Å². The zero-order valence-corrected chi connectivity index (χ0v) is 12.0. The van der Waals surface area contributed by atoms with Crippen LogP contribution in [0.15, 0.2) is 0 Å². The van der Waals surface area contributed by atoms with Gasteiger partial charge < -0.3 is 11.1 Å². The van der Waals surface area contributed by atoms with E-state index in [0.29, 0.717) is 5.92 Å². The molecule has 3 nitrogen and oxygen atoms in total. The highest BCUT2D eigenvalue weighted by atomic mass is 16.2. The molecule has 1 aliphatic rings. The minimum Gasteiger partial charge on any atom is -0.355 e. The molecule has 0 bridgehead atoms. The third-order valence-corrected chi connectivity index (χ3v) is 4.53. The van der Waals surface area contributed by atoms with Crippen LogP contribution in [0, 0.1) is 17.3 Å². The second-order valence-corrected chi connectivity index (χ2v) is 6.84. The molecule has 0 saturated heterocycles. The maximum absolute atomic E-state index is 12.2. The molecule has 0 spiro atoms. The van der Waals surface area contributed by atoms with E-state index in [1.54, 1.807) is 0 Å². The van der Waals surface area contributed by atoms with E-state index in [1.165, 1.54) is 19.3 Å². The Kier molecular flexibility index (Phi) is 4.23. The van der Waals surface area contributed by atoms with Crippen molar-refractivity contribution in [2.45, 2.75) is 59.4 Å². The number of carbonyl (C=O) groups excluding carboxylic acids is 1. The smallest absolute Gasteiger partial charge is 0.227 e. The summed E-state index contributed by atoms with van der Waals surface area (Å²) >= 11 is 0. The lowest BCUT2D eigenvalue weighted by Crippen LogP contribution is -2.56. The topological polar surface area (TPSA) is 55.1 Å². The minimum atomic E-state index is -0.531. The molecule has 100 valence electrons. The van der Waals surface area contributed by atoms with Crippen LogP contribution in [0.25, 0.3) is 0 Å². The first-order valence-electron chi connectivity index (χ1n) is 6.71. The first-order chi connectivity index (χ1) is 7.64. The lowest BCUT2D eigenvalue weighted by atomic mass is 9.74. The molecular formula is C14H28N2O. The quantitative estimate of drug-likeness (QED) is 0.792. The van der Waals surface area contributed by atoms with Gasteiger partial charge in [-0.2, -0.15) is 0 Å². The summed E-state index contributed by atoms with van der Waals surface area (Å²) in [7, 11) is 0. The Morgan fingerprint density at radius 1 is 1.29 bits per heavy atom. The molecule has 0 radical (unpaired) electrons. The number of hydrogen-bond donors (Lipinski definition) is 2. The molecular weight excluding hydrogens is 212 g/mol. The third kappa shape index (κ3) is 3.44. The van der Waals surface area contributed by atoms with E-state index >= 15 is 0 Å². The van der Waals surface area contributed by atoms with Crippen molar-refractivity contribution in [1.29, 1.82) is 0 Å². The van der Waals surface area contributed by atoms with Gasteiger partial charge in [0.2, 0.25) is 5.91 Å². The third-order valence-electron chi connectivity index (χ3n) is 4.53. The summed E-state index contributed by atoms with van der Waals surface area (Å²) in [4.78, 5) is 12.2. The highest BCUT2D eigenvalue weighted by Crippen LogP contribution is 2.31. The van der Waals surface area contributed by atoms with Gasteiger partial charge in [0, 0.05) is 12.1 Å². The first-order valence-corrected chi connectivity index (χ1v) is 6.71. The van der Waals surface area contributed by atoms with E-state index in [4.69, 9.17) is 5.73 Å². The SMILES string of the molecule is CC1CCC(CNC(=O)C(C)(C)C(C)(C)N)C1. The van der Waals surface area contributed by atoms with Crippen molar-refractivity contribution >= 4 is 5.91 Å². The maximum Gasteiger partial charge on any atom is 0.227 e. The molecule has 0 aromatic carbocycles. The van der Waals surface area contributed by atoms with Crippen molar-refractivity contribution in [2.24, 2.45) is 23.0 Å². The van der Waals surface area contributed by atoms with Gasteiger partial charge in [-0.05, 0) is 52.4 Å². The van der Waals surface area contributed by atoms with E-state index in [2.05, 4.69) is 12.2 Å². The molecule has 1 amide bonds. The average molecular weight is 240 g/mol. The van der Waals surface area contributed by atoms with Gasteiger partial charge in [-0.3, -0.25) is 4.79 Å². The lowest BCUT2D eigenvalue weighted by molar-refractivity contribution is -0.132. The van der Waals surface area contributed by atoms with Crippen LogP contribution in [0.3, 0.4) is 0 Å². The molecule has 1 saturated carbocycles. The Hall–Kier alpha value is -0.570. The summed E-state index contributed by atoms with van der Waals surface area (Å²) in [6, 6.07) is 0. The molecule has 1 aliphatic carbocycles. The van der Waals surface area contributed by atoms with Gasteiger partial charge in [-0.15, -0.1) is 0 Å². The molecule has 17 heavy (non-hydrogen) atoms. The summed E-state index contributed by atoms with van der Waals surface area (Å²) in [5.74, 6) is 1.55. The van der Waals surface area contributed by atoms with E-state index < -0.39 is 11.0 Å². The number of rotatable bonds is 4. The molecule has 0 heterocycles. The highest BCUT2D eigenvalue weighted by Gasteiger charge is 2.40. The zero-order chi connectivity index (χ0) is 13.3. The average Bonchev–Trinajstić information content (AvgIpc) is 2.58. The Labute approximate surface area is 106 Å². The standard InChI is InChI=1S/C14H28N2O/c1-10-6-7-11(8-10)9-16-12(17)13(2,3)14(4,5)15/h10-11H,6-9,15H2,1-5H3,(H,16,17). The van der Waals surface area contributed by atoms with Crippen LogP contribution < -0.4 is 11.1 Å². The number of hydrogen-bond acceptors (Lipinski definition) is 2. The Morgan fingerprint density at radius 3 is 2.29 bits per heavy atom. The number of nitrogens with two attached hydrogens (primary N) is 1. The second-order valence-electron chi connectivity index (χ2n) is 6.84. The van der Waals surface area contributed by atoms with Gasteiger partial charge in [-0.25, -0.2) is 0 Å². The van der Waals surface area contributed by atoms with Crippen LogP contribution >= 0.6 is 0 Å². The van der Waals surface area contributed by atoms with Gasteiger partial charge >= 0.3 is 0 Å². The van der Waals surface area contributed by atoms with E-state index in [9.17, 15) is 4.79 Å². The molecule has 3 N–H and O–H groups in total. The monoisotopic (exact) mass is 240 g/mol. The Balaban J connectivity index is 2.45. The van der Waals surface area contributed by atoms with Crippen LogP contribution in [0.5, 0.6) is 0 Å². The second kappa shape index (κ2) is 4.97. The fourth-order valence-electron chi connectivity index (χ4n) is 2.26. The van der Waals surface area contributed by atoms with Crippen LogP contribution in [0.4, 0.5) is 0 Å². The summed E-state index contributed by atoms with van der Waals surface area (Å²) in [5.41, 5.74) is 5.03. The molecule has 3 heteroatoms. The fraction of sp³-hybridized carbons (Fsp3) is 0.929. The van der Waals surface area contributed by atoms with Crippen LogP contribution in [0.1, 0.15) is 53.9 Å². The molecule has 2 atom stereocenters. The van der Waals surface area contributed by atoms with Gasteiger partial charge in [0.05, 0.1) is 5.41 Å². The van der Waals surface area contributed by atoms with E-state index in [1.807, 2.05) is 27.7 Å². The summed E-state index contributed by atoms with van der Waals surface area (Å²) < 4.78 is 0. The van der Waals surface area contributed by atoms with Gasteiger partial charge in [0.15, 0.2) is 0 Å². The molecule has 0 aliphatic heterocycles. The van der Waals surface area contributed by atoms with Crippen molar-refractivity contribution < 1.29 is 4.79 Å². The maximum atomic E-state index is 12.2. The molecule has 0 aromatic rings. The van der Waals surface area contributed by atoms with Crippen LogP contribution in [-0.4, -0.2) is 18.0 Å². The van der Waals surface area contributed by atoms with Crippen molar-refractivity contribution in [1.82, 2.24) is 5.32 Å². The van der Waals surface area contributed by atoms with Gasteiger partial charge in [-0.1, -0.05) is 13.3 Å². The number of amides is 1. The lowest BCUT2D eigenvalue weighted by Gasteiger charge is -2.37. The van der Waals surface area contributed by atoms with Crippen molar-refractivity contribution in [3.63, 3.8) is 0 Å². The highest BCUT2D eigenvalue weighted by molar-refractivity contribution is 5.83. The number of nitrogens with one attached hydrogen (secondary N) is 1. The van der Waals surface area contributed by atoms with Crippen LogP contribution in [0.2, 0.25) is 0 Å². The molecule has 2 unspecified atom stereocenters.